The summed E-state index contributed by atoms with van der Waals surface area (Å²) < 4.78 is 0. The fourth-order valence-corrected chi connectivity index (χ4v) is 2.28. The molecule has 76 valence electrons. The Labute approximate surface area is 94.6 Å². The zero-order chi connectivity index (χ0) is 10.5. The van der Waals surface area contributed by atoms with Crippen molar-refractivity contribution in [3.05, 3.63) is 59.9 Å². The molecule has 1 nitrogen and oxygen atoms in total. The van der Waals surface area contributed by atoms with Crippen LogP contribution in [0.5, 0.6) is 0 Å². The van der Waals surface area contributed by atoms with Crippen molar-refractivity contribution >= 4 is 11.8 Å². The average molecular weight is 215 g/mol. The van der Waals surface area contributed by atoms with Gasteiger partial charge in [0.2, 0.25) is 0 Å². The van der Waals surface area contributed by atoms with Crippen molar-refractivity contribution < 1.29 is 0 Å². The van der Waals surface area contributed by atoms with Crippen LogP contribution in [0.1, 0.15) is 11.3 Å². The molecule has 0 fully saturated rings. The first kappa shape index (κ1) is 10.2. The van der Waals surface area contributed by atoms with E-state index in [4.69, 9.17) is 0 Å². The number of pyridine rings is 1. The minimum absolute atomic E-state index is 0.935. The summed E-state index contributed by atoms with van der Waals surface area (Å²) in [6, 6.07) is 14.6. The van der Waals surface area contributed by atoms with Crippen molar-refractivity contribution in [2.24, 2.45) is 0 Å². The first-order chi connectivity index (χ1) is 7.34. The highest BCUT2D eigenvalue weighted by atomic mass is 32.2. The number of thioether (sulfide) groups is 1. The number of aromatic nitrogens is 1. The third-order valence-electron chi connectivity index (χ3n) is 2.10. The molecule has 1 heterocycles. The highest BCUT2D eigenvalue weighted by molar-refractivity contribution is 7.98. The van der Waals surface area contributed by atoms with Gasteiger partial charge in [0.05, 0.1) is 5.69 Å². The fourth-order valence-electron chi connectivity index (χ4n) is 1.35. The zero-order valence-corrected chi connectivity index (χ0v) is 9.50. The second kappa shape index (κ2) is 4.99. The quantitative estimate of drug-likeness (QED) is 0.724. The van der Waals surface area contributed by atoms with E-state index in [0.717, 1.165) is 11.4 Å². The van der Waals surface area contributed by atoms with Crippen molar-refractivity contribution in [1.82, 2.24) is 4.98 Å². The Bertz CT molecular complexity index is 426. The second-order valence-corrected chi connectivity index (χ2v) is 4.48. The van der Waals surface area contributed by atoms with Gasteiger partial charge in [0.15, 0.2) is 0 Å². The average Bonchev–Trinajstić information content (AvgIpc) is 2.28. The van der Waals surface area contributed by atoms with E-state index in [2.05, 4.69) is 42.2 Å². The van der Waals surface area contributed by atoms with Gasteiger partial charge in [-0.3, -0.25) is 4.98 Å². The SMILES string of the molecule is Cc1cccc(SCc2ccccn2)c1. The number of aryl methyl sites for hydroxylation is 1. The molecular weight excluding hydrogens is 202 g/mol. The Hall–Kier alpha value is -1.28. The number of nitrogens with zero attached hydrogens (tertiary/aromatic N) is 1. The summed E-state index contributed by atoms with van der Waals surface area (Å²) in [6.07, 6.45) is 1.84. The molecule has 0 saturated carbocycles. The van der Waals surface area contributed by atoms with Gasteiger partial charge in [0, 0.05) is 16.8 Å². The van der Waals surface area contributed by atoms with Gasteiger partial charge in [-0.1, -0.05) is 23.8 Å². The molecule has 2 heteroatoms. The smallest absolute Gasteiger partial charge is 0.0506 e. The Balaban J connectivity index is 1.99. The van der Waals surface area contributed by atoms with Crippen LogP contribution >= 0.6 is 11.8 Å². The summed E-state index contributed by atoms with van der Waals surface area (Å²) in [4.78, 5) is 5.60. The fraction of sp³-hybridized carbons (Fsp3) is 0.154. The van der Waals surface area contributed by atoms with Crippen LogP contribution in [-0.4, -0.2) is 4.98 Å². The molecular formula is C13H13NS. The minimum atomic E-state index is 0.935. The Morgan fingerprint density at radius 1 is 1.13 bits per heavy atom. The topological polar surface area (TPSA) is 12.9 Å². The van der Waals surface area contributed by atoms with E-state index in [-0.39, 0.29) is 0 Å². The van der Waals surface area contributed by atoms with E-state index in [1.165, 1.54) is 10.5 Å². The van der Waals surface area contributed by atoms with Crippen molar-refractivity contribution in [2.45, 2.75) is 17.6 Å². The molecule has 0 aliphatic rings. The van der Waals surface area contributed by atoms with Crippen LogP contribution in [0.3, 0.4) is 0 Å². The summed E-state index contributed by atoms with van der Waals surface area (Å²) in [5.74, 6) is 0.935. The highest BCUT2D eigenvalue weighted by Gasteiger charge is 1.96. The zero-order valence-electron chi connectivity index (χ0n) is 8.68. The lowest BCUT2D eigenvalue weighted by atomic mass is 10.2. The van der Waals surface area contributed by atoms with Crippen LogP contribution in [-0.2, 0) is 5.75 Å². The normalized spacial score (nSPS) is 10.2. The van der Waals surface area contributed by atoms with E-state index >= 15 is 0 Å². The van der Waals surface area contributed by atoms with E-state index in [1.807, 2.05) is 30.1 Å². The molecule has 2 aromatic rings. The minimum Gasteiger partial charge on any atom is -0.260 e. The number of hydrogen-bond donors (Lipinski definition) is 0. The number of benzene rings is 1. The molecule has 0 atom stereocenters. The van der Waals surface area contributed by atoms with E-state index < -0.39 is 0 Å². The molecule has 1 aromatic heterocycles. The molecule has 0 unspecified atom stereocenters. The van der Waals surface area contributed by atoms with Crippen LogP contribution < -0.4 is 0 Å². The maximum atomic E-state index is 4.30. The van der Waals surface area contributed by atoms with Gasteiger partial charge in [0.1, 0.15) is 0 Å². The monoisotopic (exact) mass is 215 g/mol. The molecule has 2 rings (SSSR count). The van der Waals surface area contributed by atoms with E-state index in [0.29, 0.717) is 0 Å². The van der Waals surface area contributed by atoms with E-state index in [1.54, 1.807) is 0 Å². The molecule has 0 aliphatic heterocycles. The van der Waals surface area contributed by atoms with Gasteiger partial charge in [-0.05, 0) is 31.2 Å². The van der Waals surface area contributed by atoms with Gasteiger partial charge in [-0.2, -0.15) is 0 Å². The van der Waals surface area contributed by atoms with Crippen LogP contribution in [0, 0.1) is 6.92 Å². The predicted octanol–water partition coefficient (Wildman–Crippen LogP) is 3.68. The Kier molecular flexibility index (Phi) is 3.41. The van der Waals surface area contributed by atoms with Crippen molar-refractivity contribution in [3.63, 3.8) is 0 Å². The van der Waals surface area contributed by atoms with Gasteiger partial charge >= 0.3 is 0 Å². The molecule has 0 bridgehead atoms. The van der Waals surface area contributed by atoms with Crippen LogP contribution in [0.25, 0.3) is 0 Å². The van der Waals surface area contributed by atoms with Gasteiger partial charge in [-0.15, -0.1) is 11.8 Å². The first-order valence-corrected chi connectivity index (χ1v) is 5.92. The lowest BCUT2D eigenvalue weighted by molar-refractivity contribution is 1.17. The van der Waals surface area contributed by atoms with Gasteiger partial charge in [0.25, 0.3) is 0 Å². The molecule has 0 saturated heterocycles. The van der Waals surface area contributed by atoms with Crippen LogP contribution in [0.4, 0.5) is 0 Å². The maximum absolute atomic E-state index is 4.30. The summed E-state index contributed by atoms with van der Waals surface area (Å²) in [7, 11) is 0. The van der Waals surface area contributed by atoms with Gasteiger partial charge < -0.3 is 0 Å². The highest BCUT2D eigenvalue weighted by Crippen LogP contribution is 2.22. The van der Waals surface area contributed by atoms with Crippen molar-refractivity contribution in [3.8, 4) is 0 Å². The molecule has 0 spiro atoms. The summed E-state index contributed by atoms with van der Waals surface area (Å²) in [6.45, 7) is 2.12. The molecule has 15 heavy (non-hydrogen) atoms. The van der Waals surface area contributed by atoms with E-state index in [9.17, 15) is 0 Å². The third kappa shape index (κ3) is 3.10. The number of hydrogen-bond acceptors (Lipinski definition) is 2. The van der Waals surface area contributed by atoms with Crippen molar-refractivity contribution in [1.29, 1.82) is 0 Å². The molecule has 0 radical (unpaired) electrons. The molecule has 0 amide bonds. The molecule has 1 aromatic carbocycles. The van der Waals surface area contributed by atoms with Crippen molar-refractivity contribution in [2.75, 3.05) is 0 Å². The standard InChI is InChI=1S/C13H13NS/c1-11-5-4-7-13(9-11)15-10-12-6-2-3-8-14-12/h2-9H,10H2,1H3. The Morgan fingerprint density at radius 3 is 2.80 bits per heavy atom. The first-order valence-electron chi connectivity index (χ1n) is 4.94. The summed E-state index contributed by atoms with van der Waals surface area (Å²) in [5.41, 5.74) is 2.44. The van der Waals surface area contributed by atoms with Crippen LogP contribution in [0.2, 0.25) is 0 Å². The lowest BCUT2D eigenvalue weighted by Crippen LogP contribution is -1.84. The largest absolute Gasteiger partial charge is 0.260 e. The maximum Gasteiger partial charge on any atom is 0.0506 e. The second-order valence-electron chi connectivity index (χ2n) is 3.43. The Morgan fingerprint density at radius 2 is 2.07 bits per heavy atom. The summed E-state index contributed by atoms with van der Waals surface area (Å²) >= 11 is 1.83. The summed E-state index contributed by atoms with van der Waals surface area (Å²) in [5, 5.41) is 0. The lowest BCUT2D eigenvalue weighted by Gasteiger charge is -2.01. The molecule has 0 N–H and O–H groups in total. The third-order valence-corrected chi connectivity index (χ3v) is 3.13. The number of rotatable bonds is 3. The molecule has 0 aliphatic carbocycles. The predicted molar refractivity (Wildman–Crippen MR) is 65.0 cm³/mol. The van der Waals surface area contributed by atoms with Crippen LogP contribution in [0.15, 0.2) is 53.6 Å². The van der Waals surface area contributed by atoms with Gasteiger partial charge in [-0.25, -0.2) is 0 Å².